The van der Waals surface area contributed by atoms with Gasteiger partial charge in [0.15, 0.2) is 11.5 Å². The van der Waals surface area contributed by atoms with E-state index in [1.165, 1.54) is 32.8 Å². The van der Waals surface area contributed by atoms with Crippen molar-refractivity contribution in [3.63, 3.8) is 0 Å². The van der Waals surface area contributed by atoms with Crippen molar-refractivity contribution in [2.75, 3.05) is 13.7 Å². The highest BCUT2D eigenvalue weighted by molar-refractivity contribution is 5.64. The van der Waals surface area contributed by atoms with Gasteiger partial charge in [-0.1, -0.05) is 37.8 Å². The largest absolute Gasteiger partial charge is 0.508 e. The summed E-state index contributed by atoms with van der Waals surface area (Å²) in [6.07, 6.45) is 13.5. The van der Waals surface area contributed by atoms with Crippen LogP contribution in [0.3, 0.4) is 0 Å². The van der Waals surface area contributed by atoms with Crippen LogP contribution in [0.25, 0.3) is 0 Å². The SMILES string of the molecule is COc1c(O)c(O)c(CO)c(C2CC(O)C3CCC(c4ccc(O)c(C5CC(C6CCCC6)CCC5CO)c4)CC3O2)c1Cc1cc[nH]c1. The first-order chi connectivity index (χ1) is 23.8. The van der Waals surface area contributed by atoms with Crippen molar-refractivity contribution in [1.82, 2.24) is 4.98 Å². The first-order valence-corrected chi connectivity index (χ1v) is 18.4. The summed E-state index contributed by atoms with van der Waals surface area (Å²) >= 11 is 0. The smallest absolute Gasteiger partial charge is 0.201 e. The van der Waals surface area contributed by atoms with Gasteiger partial charge in [-0.2, -0.15) is 0 Å². The molecule has 8 atom stereocenters. The molecule has 2 heterocycles. The number of aromatic amines is 1. The van der Waals surface area contributed by atoms with Crippen LogP contribution in [0.15, 0.2) is 36.7 Å². The Morgan fingerprint density at radius 3 is 2.41 bits per heavy atom. The van der Waals surface area contributed by atoms with Crippen LogP contribution in [0.1, 0.15) is 122 Å². The molecule has 8 unspecified atom stereocenters. The molecule has 2 aromatic carbocycles. The molecule has 4 aliphatic rings. The predicted molar refractivity (Wildman–Crippen MR) is 185 cm³/mol. The third kappa shape index (κ3) is 6.55. The molecule has 0 amide bonds. The zero-order chi connectivity index (χ0) is 34.2. The molecule has 0 spiro atoms. The second-order valence-electron chi connectivity index (χ2n) is 15.3. The normalized spacial score (nSPS) is 30.7. The molecule has 4 fully saturated rings. The van der Waals surface area contributed by atoms with Gasteiger partial charge < -0.3 is 45.1 Å². The number of aromatic hydroxyl groups is 3. The molecule has 49 heavy (non-hydrogen) atoms. The van der Waals surface area contributed by atoms with E-state index in [9.17, 15) is 30.6 Å². The lowest BCUT2D eigenvalue weighted by molar-refractivity contribution is -0.154. The molecule has 1 aliphatic heterocycles. The van der Waals surface area contributed by atoms with E-state index in [1.54, 1.807) is 0 Å². The van der Waals surface area contributed by atoms with Gasteiger partial charge in [0.2, 0.25) is 5.75 Å². The van der Waals surface area contributed by atoms with Gasteiger partial charge in [0.1, 0.15) is 5.75 Å². The molecule has 0 bridgehead atoms. The molecule has 0 radical (unpaired) electrons. The van der Waals surface area contributed by atoms with Crippen LogP contribution in [0.4, 0.5) is 0 Å². The fourth-order valence-electron chi connectivity index (χ4n) is 10.2. The molecular weight excluding hydrogens is 622 g/mol. The highest BCUT2D eigenvalue weighted by atomic mass is 16.5. The Hall–Kier alpha value is -3.24. The van der Waals surface area contributed by atoms with Gasteiger partial charge in [-0.15, -0.1) is 0 Å². The number of phenolic OH excluding ortho intramolecular Hbond substituents is 2. The first-order valence-electron chi connectivity index (χ1n) is 18.4. The van der Waals surface area contributed by atoms with Gasteiger partial charge in [0.05, 0.1) is 32.0 Å². The summed E-state index contributed by atoms with van der Waals surface area (Å²) in [6, 6.07) is 7.95. The number of fused-ring (bicyclic) bond motifs is 1. The van der Waals surface area contributed by atoms with Gasteiger partial charge in [-0.05, 0) is 103 Å². The number of H-pyrrole nitrogens is 1. The minimum absolute atomic E-state index is 0.0494. The zero-order valence-corrected chi connectivity index (χ0v) is 28.6. The Labute approximate surface area is 288 Å². The van der Waals surface area contributed by atoms with Gasteiger partial charge >= 0.3 is 0 Å². The van der Waals surface area contributed by atoms with E-state index in [4.69, 9.17) is 9.47 Å². The number of hydrogen-bond donors (Lipinski definition) is 7. The molecule has 3 aromatic rings. The minimum Gasteiger partial charge on any atom is -0.508 e. The number of rotatable bonds is 9. The molecule has 3 aliphatic carbocycles. The lowest BCUT2D eigenvalue weighted by Gasteiger charge is -2.46. The third-order valence-electron chi connectivity index (χ3n) is 12.8. The number of methoxy groups -OCH3 is 1. The molecule has 1 aromatic heterocycles. The quantitative estimate of drug-likeness (QED) is 0.124. The van der Waals surface area contributed by atoms with E-state index in [0.29, 0.717) is 42.1 Å². The number of aliphatic hydroxyl groups excluding tert-OH is 3. The average Bonchev–Trinajstić information content (AvgIpc) is 3.85. The van der Waals surface area contributed by atoms with E-state index in [-0.39, 0.29) is 47.7 Å². The van der Waals surface area contributed by atoms with E-state index >= 15 is 0 Å². The maximum absolute atomic E-state index is 11.5. The molecule has 266 valence electrons. The van der Waals surface area contributed by atoms with Gasteiger partial charge in [0, 0.05) is 48.9 Å². The zero-order valence-electron chi connectivity index (χ0n) is 28.6. The van der Waals surface area contributed by atoms with Crippen molar-refractivity contribution in [2.45, 2.75) is 114 Å². The Kier molecular flexibility index (Phi) is 10.2. The van der Waals surface area contributed by atoms with Crippen LogP contribution in [0.2, 0.25) is 0 Å². The van der Waals surface area contributed by atoms with E-state index in [2.05, 4.69) is 11.1 Å². The molecule has 7 N–H and O–H groups in total. The van der Waals surface area contributed by atoms with E-state index in [1.807, 2.05) is 30.6 Å². The van der Waals surface area contributed by atoms with Crippen LogP contribution in [0, 0.1) is 23.7 Å². The number of aliphatic hydroxyl groups is 3. The Morgan fingerprint density at radius 1 is 0.878 bits per heavy atom. The molecule has 9 heteroatoms. The molecule has 7 rings (SSSR count). The van der Waals surface area contributed by atoms with Crippen molar-refractivity contribution in [1.29, 1.82) is 0 Å². The fourth-order valence-corrected chi connectivity index (χ4v) is 10.2. The number of phenols is 3. The summed E-state index contributed by atoms with van der Waals surface area (Å²) in [6.45, 7) is -0.384. The van der Waals surface area contributed by atoms with E-state index < -0.39 is 30.3 Å². The predicted octanol–water partition coefficient (Wildman–Crippen LogP) is 6.68. The Bertz CT molecular complexity index is 1580. The Balaban J connectivity index is 1.17. The highest BCUT2D eigenvalue weighted by Crippen LogP contribution is 2.53. The Morgan fingerprint density at radius 2 is 1.69 bits per heavy atom. The van der Waals surface area contributed by atoms with Crippen molar-refractivity contribution in [2.24, 2.45) is 23.7 Å². The van der Waals surface area contributed by atoms with Crippen molar-refractivity contribution in [3.8, 4) is 23.0 Å². The fraction of sp³-hybridized carbons (Fsp3) is 0.600. The third-order valence-corrected chi connectivity index (χ3v) is 12.8. The van der Waals surface area contributed by atoms with Gasteiger partial charge in [0.25, 0.3) is 0 Å². The monoisotopic (exact) mass is 675 g/mol. The second kappa shape index (κ2) is 14.5. The second-order valence-corrected chi connectivity index (χ2v) is 15.3. The maximum atomic E-state index is 11.5. The summed E-state index contributed by atoms with van der Waals surface area (Å²) in [4.78, 5) is 3.05. The topological polar surface area (TPSA) is 156 Å². The lowest BCUT2D eigenvalue weighted by Crippen LogP contribution is -2.44. The first kappa shape index (κ1) is 34.2. The van der Waals surface area contributed by atoms with Crippen LogP contribution in [0.5, 0.6) is 23.0 Å². The maximum Gasteiger partial charge on any atom is 0.201 e. The number of aromatic nitrogens is 1. The van der Waals surface area contributed by atoms with Crippen molar-refractivity contribution < 1.29 is 40.1 Å². The minimum atomic E-state index is -0.645. The summed E-state index contributed by atoms with van der Waals surface area (Å²) in [7, 11) is 1.44. The van der Waals surface area contributed by atoms with Crippen LogP contribution >= 0.6 is 0 Å². The summed E-state index contributed by atoms with van der Waals surface area (Å²) in [5, 5.41) is 65.4. The van der Waals surface area contributed by atoms with Crippen molar-refractivity contribution in [3.05, 3.63) is 70.0 Å². The van der Waals surface area contributed by atoms with Crippen LogP contribution < -0.4 is 4.74 Å². The number of hydrogen-bond acceptors (Lipinski definition) is 8. The van der Waals surface area contributed by atoms with Crippen LogP contribution in [-0.2, 0) is 17.8 Å². The van der Waals surface area contributed by atoms with E-state index in [0.717, 1.165) is 54.7 Å². The van der Waals surface area contributed by atoms with Gasteiger partial charge in [-0.25, -0.2) is 0 Å². The summed E-state index contributed by atoms with van der Waals surface area (Å²) < 4.78 is 12.5. The number of ether oxygens (including phenoxy) is 2. The number of nitrogens with one attached hydrogen (secondary N) is 1. The molecular formula is C40H53NO8. The highest BCUT2D eigenvalue weighted by Gasteiger charge is 2.45. The lowest BCUT2D eigenvalue weighted by atomic mass is 9.66. The summed E-state index contributed by atoms with van der Waals surface area (Å²) in [5.41, 5.74) is 4.37. The van der Waals surface area contributed by atoms with Crippen LogP contribution in [-0.4, -0.2) is 61.5 Å². The molecule has 3 saturated carbocycles. The summed E-state index contributed by atoms with van der Waals surface area (Å²) in [5.74, 6) is 1.36. The van der Waals surface area contributed by atoms with Gasteiger partial charge in [-0.3, -0.25) is 0 Å². The van der Waals surface area contributed by atoms with Crippen molar-refractivity contribution >= 4 is 0 Å². The standard InChI is InChI=1S/C40H53NO8/c1-48-40-31(14-22-12-13-41-19-22)37(32(21-43)38(46)39(40)47)36-18-34(45)28-10-8-26(17-35(28)49-36)25-9-11-33(44)30(16-25)29-15-24(6-7-27(29)20-42)23-4-2-3-5-23/h9,11-13,16,19,23-24,26-29,34-36,41-47H,2-8,10,14-15,17-18,20-21H2,1H3. The average molecular weight is 676 g/mol. The molecule has 9 nitrogen and oxygen atoms in total. The molecule has 1 saturated heterocycles. The number of benzene rings is 2.